The molecule has 0 aromatic rings. The summed E-state index contributed by atoms with van der Waals surface area (Å²) in [6, 6.07) is -0.647. The van der Waals surface area contributed by atoms with E-state index in [1.54, 1.807) is 11.8 Å². The Morgan fingerprint density at radius 1 is 1.33 bits per heavy atom. The van der Waals surface area contributed by atoms with E-state index >= 15 is 0 Å². The van der Waals surface area contributed by atoms with Crippen LogP contribution in [-0.2, 0) is 4.74 Å². The number of hydrogen-bond donors (Lipinski definition) is 1. The van der Waals surface area contributed by atoms with Crippen LogP contribution in [0.25, 0.3) is 0 Å². The van der Waals surface area contributed by atoms with Crippen LogP contribution in [0, 0.1) is 0 Å². The molecule has 0 rings (SSSR count). The van der Waals surface area contributed by atoms with Crippen LogP contribution in [0.1, 0.15) is 33.6 Å². The molecule has 21 heavy (non-hydrogen) atoms. The molecule has 1 unspecified atom stereocenters. The molecular weight excluding hydrogens is 292 g/mol. The highest BCUT2D eigenvalue weighted by atomic mass is 32.2. The van der Waals surface area contributed by atoms with Crippen molar-refractivity contribution in [2.24, 2.45) is 5.73 Å². The summed E-state index contributed by atoms with van der Waals surface area (Å²) in [5.74, 6) is 1.62. The van der Waals surface area contributed by atoms with Gasteiger partial charge in [-0.25, -0.2) is 4.39 Å². The second-order valence-electron chi connectivity index (χ2n) is 4.11. The fraction of sp³-hybridized carbons (Fsp3) is 0.750. The van der Waals surface area contributed by atoms with E-state index < -0.39 is 18.8 Å². The second kappa shape index (κ2) is 17.7. The van der Waals surface area contributed by atoms with Gasteiger partial charge in [-0.05, 0) is 24.2 Å². The summed E-state index contributed by atoms with van der Waals surface area (Å²) in [6.45, 7) is 5.13. The lowest BCUT2D eigenvalue weighted by Gasteiger charge is -2.21. The van der Waals surface area contributed by atoms with Crippen LogP contribution in [0.5, 0.6) is 0 Å². The van der Waals surface area contributed by atoms with Crippen LogP contribution in [0.3, 0.4) is 0 Å². The fourth-order valence-electron chi connectivity index (χ4n) is 1.65. The van der Waals surface area contributed by atoms with Gasteiger partial charge in [-0.2, -0.15) is 11.8 Å². The molecule has 0 bridgehead atoms. The van der Waals surface area contributed by atoms with Crippen LogP contribution in [0.4, 0.5) is 8.78 Å². The van der Waals surface area contributed by atoms with Crippen molar-refractivity contribution in [3.8, 4) is 0 Å². The Morgan fingerprint density at radius 3 is 2.48 bits per heavy atom. The first-order valence-electron chi connectivity index (χ1n) is 7.55. The third-order valence-corrected chi connectivity index (χ3v) is 3.54. The van der Waals surface area contributed by atoms with E-state index in [0.29, 0.717) is 6.42 Å². The van der Waals surface area contributed by atoms with Crippen molar-refractivity contribution < 1.29 is 13.5 Å². The number of methoxy groups -OCH3 is 1. The van der Waals surface area contributed by atoms with Crippen LogP contribution < -0.4 is 5.73 Å². The maximum Gasteiger partial charge on any atom is 0.107 e. The van der Waals surface area contributed by atoms with Gasteiger partial charge < -0.3 is 10.5 Å². The molecule has 0 saturated carbocycles. The van der Waals surface area contributed by atoms with Gasteiger partial charge in [0.15, 0.2) is 0 Å². The Balaban J connectivity index is 0. The highest BCUT2D eigenvalue weighted by Gasteiger charge is 2.19. The number of alkyl halides is 2. The molecule has 0 radical (unpaired) electrons. The lowest BCUT2D eigenvalue weighted by atomic mass is 10.0. The number of hydrogen-bond acceptors (Lipinski definition) is 3. The highest BCUT2D eigenvalue weighted by Crippen LogP contribution is 2.14. The molecule has 2 nitrogen and oxygen atoms in total. The molecule has 0 amide bonds. The summed E-state index contributed by atoms with van der Waals surface area (Å²) < 4.78 is 29.8. The van der Waals surface area contributed by atoms with Crippen LogP contribution >= 0.6 is 11.8 Å². The van der Waals surface area contributed by atoms with Gasteiger partial charge >= 0.3 is 0 Å². The van der Waals surface area contributed by atoms with Gasteiger partial charge in [-0.15, -0.1) is 0 Å². The molecule has 0 aliphatic heterocycles. The summed E-state index contributed by atoms with van der Waals surface area (Å²) >= 11 is 1.67. The Labute approximate surface area is 133 Å². The number of thioether (sulfide) groups is 1. The molecule has 0 aliphatic rings. The van der Waals surface area contributed by atoms with Crippen molar-refractivity contribution in [1.82, 2.24) is 0 Å². The Morgan fingerprint density at radius 2 is 2.00 bits per heavy atom. The zero-order chi connectivity index (χ0) is 16.5. The normalized spacial score (nSPS) is 14.7. The molecule has 0 spiro atoms. The first kappa shape index (κ1) is 22.9. The van der Waals surface area contributed by atoms with E-state index in [0.717, 1.165) is 23.5 Å². The molecule has 2 atom stereocenters. The minimum absolute atomic E-state index is 0.269. The topological polar surface area (TPSA) is 35.2 Å². The molecule has 0 fully saturated rings. The molecule has 5 heteroatoms. The van der Waals surface area contributed by atoms with E-state index in [1.165, 1.54) is 7.11 Å². The standard InChI is InChI=1S/C14H25F2NOS.C2H6/c1-3-6-12(14(18-2)13(17)11-16)7-4-9-19-10-5-8-15;1-2/h4,6-7,13-14H,3,5,8-11,17H2,1-2H3;1-2H3/b7-4-,12-6+;/t13?,14-;/m1./s1. The van der Waals surface area contributed by atoms with Crippen molar-refractivity contribution in [2.75, 3.05) is 32.0 Å². The van der Waals surface area contributed by atoms with E-state index in [2.05, 4.69) is 0 Å². The molecule has 0 heterocycles. The molecular formula is C16H31F2NOS. The summed E-state index contributed by atoms with van der Waals surface area (Å²) in [4.78, 5) is 0. The average Bonchev–Trinajstić information content (AvgIpc) is 2.53. The van der Waals surface area contributed by atoms with Crippen LogP contribution in [0.2, 0.25) is 0 Å². The first-order valence-corrected chi connectivity index (χ1v) is 8.71. The minimum atomic E-state index is -0.647. The van der Waals surface area contributed by atoms with Crippen molar-refractivity contribution in [2.45, 2.75) is 45.8 Å². The van der Waals surface area contributed by atoms with Gasteiger partial charge in [0.2, 0.25) is 0 Å². The number of rotatable bonds is 11. The van der Waals surface area contributed by atoms with Crippen molar-refractivity contribution in [3.05, 3.63) is 23.8 Å². The largest absolute Gasteiger partial charge is 0.375 e. The highest BCUT2D eigenvalue weighted by molar-refractivity contribution is 7.99. The molecule has 2 N–H and O–H groups in total. The number of nitrogens with two attached hydrogens (primary N) is 1. The first-order chi connectivity index (χ1) is 10.2. The second-order valence-corrected chi connectivity index (χ2v) is 5.26. The third-order valence-electron chi connectivity index (χ3n) is 2.54. The quantitative estimate of drug-likeness (QED) is 0.454. The molecule has 0 saturated heterocycles. The Hall–Kier alpha value is -0.390. The van der Waals surface area contributed by atoms with Gasteiger partial charge in [0.05, 0.1) is 18.8 Å². The van der Waals surface area contributed by atoms with Gasteiger partial charge in [-0.3, -0.25) is 4.39 Å². The lowest BCUT2D eigenvalue weighted by molar-refractivity contribution is 0.102. The van der Waals surface area contributed by atoms with Crippen molar-refractivity contribution in [3.63, 3.8) is 0 Å². The molecule has 0 aromatic heterocycles. The van der Waals surface area contributed by atoms with Crippen LogP contribution in [0.15, 0.2) is 23.8 Å². The zero-order valence-electron chi connectivity index (χ0n) is 13.8. The summed E-state index contributed by atoms with van der Waals surface area (Å²) in [7, 11) is 1.54. The number of allylic oxidation sites excluding steroid dienone is 1. The van der Waals surface area contributed by atoms with Crippen molar-refractivity contribution >= 4 is 11.8 Å². The predicted molar refractivity (Wildman–Crippen MR) is 91.5 cm³/mol. The number of ether oxygens (including phenoxy) is 1. The lowest BCUT2D eigenvalue weighted by Crippen LogP contribution is -2.39. The summed E-state index contributed by atoms with van der Waals surface area (Å²) in [6.07, 6.45) is 6.91. The Kier molecular flexibility index (Phi) is 19.2. The maximum absolute atomic E-state index is 12.7. The maximum atomic E-state index is 12.7. The van der Waals surface area contributed by atoms with E-state index in [1.807, 2.05) is 39.0 Å². The zero-order valence-corrected chi connectivity index (χ0v) is 14.6. The minimum Gasteiger partial charge on any atom is -0.375 e. The molecule has 126 valence electrons. The van der Waals surface area contributed by atoms with E-state index in [9.17, 15) is 8.78 Å². The summed E-state index contributed by atoms with van der Waals surface area (Å²) in [5, 5.41) is 0. The SMILES string of the molecule is CC.CC/C=C(\C=C/CSCCCF)[C@@H](OC)C(N)CF. The monoisotopic (exact) mass is 323 g/mol. The fourth-order valence-corrected chi connectivity index (χ4v) is 2.36. The molecule has 0 aliphatic carbocycles. The van der Waals surface area contributed by atoms with Gasteiger partial charge in [0, 0.05) is 12.9 Å². The van der Waals surface area contributed by atoms with Crippen LogP contribution in [-0.4, -0.2) is 44.1 Å². The van der Waals surface area contributed by atoms with Gasteiger partial charge in [-0.1, -0.05) is 39.0 Å². The third kappa shape index (κ3) is 11.9. The molecule has 0 aromatic carbocycles. The average molecular weight is 323 g/mol. The smallest absolute Gasteiger partial charge is 0.107 e. The van der Waals surface area contributed by atoms with E-state index in [-0.39, 0.29) is 6.67 Å². The summed E-state index contributed by atoms with van der Waals surface area (Å²) in [5.41, 5.74) is 6.61. The van der Waals surface area contributed by atoms with Gasteiger partial charge in [0.1, 0.15) is 6.67 Å². The Bertz CT molecular complexity index is 273. The predicted octanol–water partition coefficient (Wildman–Crippen LogP) is 4.31. The van der Waals surface area contributed by atoms with Crippen molar-refractivity contribution in [1.29, 1.82) is 0 Å². The van der Waals surface area contributed by atoms with Gasteiger partial charge in [0.25, 0.3) is 0 Å². The van der Waals surface area contributed by atoms with E-state index in [4.69, 9.17) is 10.5 Å². The number of halogens is 2.